The summed E-state index contributed by atoms with van der Waals surface area (Å²) >= 11 is 0. The zero-order valence-corrected chi connectivity index (χ0v) is 17.5. The molecular formula is C21H24N2O8. The number of anilines is 1. The largest absolute Gasteiger partial charge is 0.533 e. The molecule has 0 heterocycles. The number of fused-ring (bicyclic) bond motifs is 1. The van der Waals surface area contributed by atoms with Gasteiger partial charge in [0.25, 0.3) is 5.91 Å². The van der Waals surface area contributed by atoms with Crippen molar-refractivity contribution in [3.05, 3.63) is 41.0 Å². The van der Waals surface area contributed by atoms with Crippen LogP contribution < -0.4 is 11.2 Å². The van der Waals surface area contributed by atoms with Crippen LogP contribution in [0.5, 0.6) is 0 Å². The normalized spacial score (nSPS) is 10.3. The number of hydrogen-bond donors (Lipinski definition) is 2. The van der Waals surface area contributed by atoms with Gasteiger partial charge in [0, 0.05) is 0 Å². The van der Waals surface area contributed by atoms with E-state index in [-0.39, 0.29) is 43.1 Å². The molecule has 0 unspecified atom stereocenters. The first kappa shape index (κ1) is 23.5. The minimum atomic E-state index is -1.03. The van der Waals surface area contributed by atoms with Crippen molar-refractivity contribution in [2.75, 3.05) is 25.6 Å². The van der Waals surface area contributed by atoms with Gasteiger partial charge in [0.15, 0.2) is 0 Å². The lowest BCUT2D eigenvalue weighted by Crippen LogP contribution is -2.28. The van der Waals surface area contributed by atoms with E-state index < -0.39 is 24.0 Å². The van der Waals surface area contributed by atoms with Crippen LogP contribution in [0.4, 0.5) is 10.5 Å². The number of rotatable bonds is 7. The zero-order chi connectivity index (χ0) is 23.0. The molecule has 0 bridgehead atoms. The standard InChI is InChI=1S/C21H24N2O8/c1-4-28-19(25)16-13-9-7-12(11-15(24)23-31-21(27)30-6-3)8-10-14(13)17(18(16)22)20(26)29-5-2/h7-10H,4-6,11,22H2,1-3H3,(H,23,24). The minimum Gasteiger partial charge on any atom is -0.462 e. The smallest absolute Gasteiger partial charge is 0.462 e. The molecule has 2 aliphatic carbocycles. The van der Waals surface area contributed by atoms with Crippen molar-refractivity contribution in [2.45, 2.75) is 27.2 Å². The SMILES string of the molecule is CCOC(=O)ONC(=O)Cc1ccc2c(C(=O)OCC)c(N)c(C(=O)OCC)c-2cc1. The maximum Gasteiger partial charge on any atom is 0.533 e. The summed E-state index contributed by atoms with van der Waals surface area (Å²) in [6.07, 6.45) is -1.17. The molecule has 1 amide bonds. The quantitative estimate of drug-likeness (QED) is 0.383. The predicted octanol–water partition coefficient (Wildman–Crippen LogP) is 2.47. The average molecular weight is 432 g/mol. The van der Waals surface area contributed by atoms with Crippen molar-refractivity contribution in [3.63, 3.8) is 0 Å². The van der Waals surface area contributed by atoms with E-state index in [2.05, 4.69) is 9.57 Å². The summed E-state index contributed by atoms with van der Waals surface area (Å²) < 4.78 is 14.7. The molecule has 0 atom stereocenters. The first-order valence-corrected chi connectivity index (χ1v) is 9.64. The van der Waals surface area contributed by atoms with Gasteiger partial charge in [-0.15, -0.1) is 0 Å². The molecule has 166 valence electrons. The van der Waals surface area contributed by atoms with E-state index in [9.17, 15) is 19.2 Å². The van der Waals surface area contributed by atoms with E-state index in [1.165, 1.54) is 0 Å². The molecular weight excluding hydrogens is 408 g/mol. The van der Waals surface area contributed by atoms with Gasteiger partial charge in [-0.25, -0.2) is 14.4 Å². The zero-order valence-electron chi connectivity index (χ0n) is 17.5. The number of esters is 2. The highest BCUT2D eigenvalue weighted by atomic mass is 16.8. The van der Waals surface area contributed by atoms with Crippen LogP contribution in [0.3, 0.4) is 0 Å². The van der Waals surface area contributed by atoms with Crippen molar-refractivity contribution in [1.29, 1.82) is 0 Å². The van der Waals surface area contributed by atoms with Gasteiger partial charge in [0.1, 0.15) is 0 Å². The summed E-state index contributed by atoms with van der Waals surface area (Å²) in [6, 6.07) is 6.30. The third kappa shape index (κ3) is 5.62. The summed E-state index contributed by atoms with van der Waals surface area (Å²) in [4.78, 5) is 52.6. The Morgan fingerprint density at radius 2 is 1.29 bits per heavy atom. The molecule has 0 fully saturated rings. The molecule has 0 radical (unpaired) electrons. The summed E-state index contributed by atoms with van der Waals surface area (Å²) in [7, 11) is 0. The third-order valence-corrected chi connectivity index (χ3v) is 4.13. The Morgan fingerprint density at radius 3 is 1.74 bits per heavy atom. The minimum absolute atomic E-state index is 0.0276. The van der Waals surface area contributed by atoms with Crippen LogP contribution >= 0.6 is 0 Å². The number of ether oxygens (including phenoxy) is 3. The van der Waals surface area contributed by atoms with E-state index in [0.29, 0.717) is 16.7 Å². The lowest BCUT2D eigenvalue weighted by Gasteiger charge is -2.04. The summed E-state index contributed by atoms with van der Waals surface area (Å²) in [5.41, 5.74) is 9.45. The van der Waals surface area contributed by atoms with Gasteiger partial charge in [-0.3, -0.25) is 4.79 Å². The fourth-order valence-corrected chi connectivity index (χ4v) is 2.90. The number of hydrogen-bond acceptors (Lipinski definition) is 9. The monoisotopic (exact) mass is 432 g/mol. The van der Waals surface area contributed by atoms with Crippen LogP contribution in [0.15, 0.2) is 24.3 Å². The molecule has 2 rings (SSSR count). The van der Waals surface area contributed by atoms with Gasteiger partial charge in [0.2, 0.25) is 0 Å². The molecule has 2 aliphatic rings. The van der Waals surface area contributed by atoms with Crippen LogP contribution in [-0.4, -0.2) is 43.8 Å². The van der Waals surface area contributed by atoms with E-state index in [1.54, 1.807) is 45.0 Å². The molecule has 0 aromatic heterocycles. The molecule has 0 spiro atoms. The number of hydroxylamine groups is 1. The fourth-order valence-electron chi connectivity index (χ4n) is 2.90. The van der Waals surface area contributed by atoms with Gasteiger partial charge in [-0.2, -0.15) is 5.48 Å². The molecule has 3 N–H and O–H groups in total. The van der Waals surface area contributed by atoms with Gasteiger partial charge >= 0.3 is 18.1 Å². The van der Waals surface area contributed by atoms with Crippen molar-refractivity contribution in [1.82, 2.24) is 5.48 Å². The van der Waals surface area contributed by atoms with E-state index in [1.807, 2.05) is 5.48 Å². The van der Waals surface area contributed by atoms with Gasteiger partial charge in [-0.1, -0.05) is 24.3 Å². The highest BCUT2D eigenvalue weighted by Crippen LogP contribution is 2.39. The maximum absolute atomic E-state index is 12.5. The second-order valence-corrected chi connectivity index (χ2v) is 6.16. The third-order valence-electron chi connectivity index (χ3n) is 4.13. The number of amides is 1. The van der Waals surface area contributed by atoms with Crippen LogP contribution in [0.1, 0.15) is 47.1 Å². The summed E-state index contributed by atoms with van der Waals surface area (Å²) in [5, 5.41) is 0. The Morgan fingerprint density at radius 1 is 0.806 bits per heavy atom. The van der Waals surface area contributed by atoms with E-state index >= 15 is 0 Å². The molecule has 31 heavy (non-hydrogen) atoms. The number of nitrogens with one attached hydrogen (secondary N) is 1. The second kappa shape index (κ2) is 10.8. The topological polar surface area (TPSA) is 143 Å². The number of nitrogens with two attached hydrogens (primary N) is 1. The molecule has 10 heteroatoms. The van der Waals surface area contributed by atoms with Crippen molar-refractivity contribution in [3.8, 4) is 11.1 Å². The molecule has 0 aromatic carbocycles. The Kier molecular flexibility index (Phi) is 8.18. The Hall–Kier alpha value is -3.82. The second-order valence-electron chi connectivity index (χ2n) is 6.16. The fraction of sp³-hybridized carbons (Fsp3) is 0.333. The summed E-state index contributed by atoms with van der Waals surface area (Å²) in [5.74, 6) is -1.95. The Labute approximate surface area is 178 Å². The lowest BCUT2D eigenvalue weighted by molar-refractivity contribution is -0.130. The number of carbonyl (C=O) groups excluding carboxylic acids is 4. The van der Waals surface area contributed by atoms with Crippen LogP contribution in [0, 0.1) is 0 Å². The molecule has 0 aromatic rings. The summed E-state index contributed by atoms with van der Waals surface area (Å²) in [6.45, 7) is 5.27. The molecule has 0 saturated carbocycles. The van der Waals surface area contributed by atoms with E-state index in [0.717, 1.165) is 0 Å². The lowest BCUT2D eigenvalue weighted by atomic mass is 10.1. The van der Waals surface area contributed by atoms with Crippen molar-refractivity contribution < 1.29 is 38.2 Å². The van der Waals surface area contributed by atoms with Crippen LogP contribution in [0.25, 0.3) is 11.1 Å². The van der Waals surface area contributed by atoms with Crippen LogP contribution in [-0.2, 0) is 30.3 Å². The molecule has 0 aliphatic heterocycles. The molecule has 0 saturated heterocycles. The first-order chi connectivity index (χ1) is 14.8. The van der Waals surface area contributed by atoms with Crippen molar-refractivity contribution in [2.24, 2.45) is 0 Å². The molecule has 10 nitrogen and oxygen atoms in total. The maximum atomic E-state index is 12.5. The van der Waals surface area contributed by atoms with E-state index in [4.69, 9.17) is 15.2 Å². The highest BCUT2D eigenvalue weighted by Gasteiger charge is 2.30. The Bertz CT molecular complexity index is 901. The van der Waals surface area contributed by atoms with Crippen molar-refractivity contribution >= 4 is 29.7 Å². The van der Waals surface area contributed by atoms with Gasteiger partial charge < -0.3 is 24.8 Å². The number of carbonyl (C=O) groups is 4. The van der Waals surface area contributed by atoms with Gasteiger partial charge in [-0.05, 0) is 37.5 Å². The van der Waals surface area contributed by atoms with Gasteiger partial charge in [0.05, 0.1) is 43.1 Å². The predicted molar refractivity (Wildman–Crippen MR) is 109 cm³/mol. The first-order valence-electron chi connectivity index (χ1n) is 9.64. The number of nitrogen functional groups attached to an aromatic ring is 1. The average Bonchev–Trinajstić information content (AvgIpc) is 2.85. The Balaban J connectivity index is 2.39. The van der Waals surface area contributed by atoms with Crippen LogP contribution in [0.2, 0.25) is 0 Å². The highest BCUT2D eigenvalue weighted by molar-refractivity contribution is 6.15.